The molecule has 5 nitrogen and oxygen atoms in total. The number of carbonyl (C=O) groups is 2. The van der Waals surface area contributed by atoms with Crippen LogP contribution in [0.25, 0.3) is 0 Å². The molecule has 3 N–H and O–H groups in total. The molecule has 0 aromatic carbocycles. The van der Waals surface area contributed by atoms with Crippen LogP contribution in [0.3, 0.4) is 0 Å². The molecule has 0 saturated carbocycles. The Balaban J connectivity index is 2.83. The number of nitrogens with zero attached hydrogens (tertiary/aromatic N) is 1. The second-order valence-corrected chi connectivity index (χ2v) is 2.71. The summed E-state index contributed by atoms with van der Waals surface area (Å²) in [5, 5.41) is 6.13. The molecule has 1 atom stereocenters. The van der Waals surface area contributed by atoms with Crippen molar-refractivity contribution < 1.29 is 9.59 Å². The van der Waals surface area contributed by atoms with Crippen molar-refractivity contribution in [3.63, 3.8) is 0 Å². The lowest BCUT2D eigenvalue weighted by atomic mass is 9.97. The molecule has 1 heterocycles. The Bertz CT molecular complexity index is 305. The maximum absolute atomic E-state index is 11.5. The molecule has 5 heteroatoms. The van der Waals surface area contributed by atoms with Crippen molar-refractivity contribution in [3.8, 4) is 0 Å². The van der Waals surface area contributed by atoms with Crippen LogP contribution >= 0.6 is 0 Å². The molecule has 0 aliphatic heterocycles. The number of primary amides is 1. The van der Waals surface area contributed by atoms with Gasteiger partial charge < -0.3 is 5.73 Å². The summed E-state index contributed by atoms with van der Waals surface area (Å²) in [7, 11) is 0. The standard InChI is InChI=1S/C8H11N3O2/c1-2-6(8(9)13)7(12)5-3-10-11-4-5/h3-4,6H,2H2,1H3,(H2,9,13)(H,10,11). The molecule has 1 unspecified atom stereocenters. The Morgan fingerprint density at radius 2 is 2.38 bits per heavy atom. The molecule has 70 valence electrons. The first-order chi connectivity index (χ1) is 6.16. The van der Waals surface area contributed by atoms with Crippen LogP contribution in [-0.4, -0.2) is 21.9 Å². The van der Waals surface area contributed by atoms with Gasteiger partial charge in [0.2, 0.25) is 5.91 Å². The number of carbonyl (C=O) groups excluding carboxylic acids is 2. The van der Waals surface area contributed by atoms with Crippen molar-refractivity contribution in [3.05, 3.63) is 18.0 Å². The second-order valence-electron chi connectivity index (χ2n) is 2.71. The van der Waals surface area contributed by atoms with Crippen molar-refractivity contribution in [2.24, 2.45) is 11.7 Å². The molecular weight excluding hydrogens is 170 g/mol. The van der Waals surface area contributed by atoms with E-state index in [9.17, 15) is 9.59 Å². The lowest BCUT2D eigenvalue weighted by Gasteiger charge is -2.06. The number of amides is 1. The Kier molecular flexibility index (Phi) is 2.79. The topological polar surface area (TPSA) is 88.8 Å². The van der Waals surface area contributed by atoms with Gasteiger partial charge in [0.05, 0.1) is 11.8 Å². The molecule has 13 heavy (non-hydrogen) atoms. The number of ketones is 1. The van der Waals surface area contributed by atoms with E-state index in [0.29, 0.717) is 12.0 Å². The fraction of sp³-hybridized carbons (Fsp3) is 0.375. The minimum atomic E-state index is -0.738. The van der Waals surface area contributed by atoms with E-state index in [1.807, 2.05) is 0 Å². The molecule has 0 bridgehead atoms. The maximum Gasteiger partial charge on any atom is 0.228 e. The van der Waals surface area contributed by atoms with E-state index in [1.54, 1.807) is 6.92 Å². The van der Waals surface area contributed by atoms with Gasteiger partial charge in [0.1, 0.15) is 5.92 Å². The number of nitrogens with one attached hydrogen (secondary N) is 1. The third-order valence-corrected chi connectivity index (χ3v) is 1.85. The number of hydrogen-bond donors (Lipinski definition) is 2. The van der Waals surface area contributed by atoms with Crippen molar-refractivity contribution >= 4 is 11.7 Å². The lowest BCUT2D eigenvalue weighted by Crippen LogP contribution is -2.29. The van der Waals surface area contributed by atoms with Gasteiger partial charge in [-0.25, -0.2) is 0 Å². The van der Waals surface area contributed by atoms with E-state index in [-0.39, 0.29) is 5.78 Å². The predicted octanol–water partition coefficient (Wildman–Crippen LogP) is 0.104. The fourth-order valence-corrected chi connectivity index (χ4v) is 1.10. The highest BCUT2D eigenvalue weighted by Gasteiger charge is 2.23. The minimum absolute atomic E-state index is 0.274. The average molecular weight is 181 g/mol. The van der Waals surface area contributed by atoms with Gasteiger partial charge in [-0.05, 0) is 6.42 Å². The van der Waals surface area contributed by atoms with E-state index in [2.05, 4.69) is 10.2 Å². The van der Waals surface area contributed by atoms with Crippen molar-refractivity contribution in [1.29, 1.82) is 0 Å². The molecule has 0 aliphatic carbocycles. The number of hydrogen-bond acceptors (Lipinski definition) is 3. The summed E-state index contributed by atoms with van der Waals surface area (Å²) in [5.74, 6) is -1.60. The first-order valence-corrected chi connectivity index (χ1v) is 3.99. The van der Waals surface area contributed by atoms with Crippen molar-refractivity contribution in [2.45, 2.75) is 13.3 Å². The monoisotopic (exact) mass is 181 g/mol. The zero-order valence-electron chi connectivity index (χ0n) is 7.28. The van der Waals surface area contributed by atoms with Crippen molar-refractivity contribution in [1.82, 2.24) is 10.2 Å². The van der Waals surface area contributed by atoms with Gasteiger partial charge >= 0.3 is 0 Å². The number of aromatic nitrogens is 2. The number of nitrogens with two attached hydrogens (primary N) is 1. The summed E-state index contributed by atoms with van der Waals surface area (Å²) >= 11 is 0. The number of Topliss-reactive ketones (excluding diaryl/α,β-unsaturated/α-hetero) is 1. The minimum Gasteiger partial charge on any atom is -0.369 e. The summed E-state index contributed by atoms with van der Waals surface area (Å²) in [6, 6.07) is 0. The number of rotatable bonds is 4. The van der Waals surface area contributed by atoms with Gasteiger partial charge in [-0.3, -0.25) is 14.7 Å². The van der Waals surface area contributed by atoms with Gasteiger partial charge in [-0.1, -0.05) is 6.92 Å². The van der Waals surface area contributed by atoms with Crippen LogP contribution in [-0.2, 0) is 4.79 Å². The Hall–Kier alpha value is -1.65. The molecule has 0 spiro atoms. The van der Waals surface area contributed by atoms with Crippen molar-refractivity contribution in [2.75, 3.05) is 0 Å². The molecular formula is C8H11N3O2. The summed E-state index contributed by atoms with van der Waals surface area (Å²) in [4.78, 5) is 22.4. The Morgan fingerprint density at radius 1 is 1.69 bits per heavy atom. The van der Waals surface area contributed by atoms with Crippen LogP contribution in [0.2, 0.25) is 0 Å². The zero-order chi connectivity index (χ0) is 9.84. The normalized spacial score (nSPS) is 12.4. The zero-order valence-corrected chi connectivity index (χ0v) is 7.28. The van der Waals surface area contributed by atoms with Crippen LogP contribution in [0.1, 0.15) is 23.7 Å². The largest absolute Gasteiger partial charge is 0.369 e. The molecule has 0 saturated heterocycles. The third kappa shape index (κ3) is 1.93. The van der Waals surface area contributed by atoms with Crippen LogP contribution in [0.4, 0.5) is 0 Å². The van der Waals surface area contributed by atoms with Gasteiger partial charge in [0.15, 0.2) is 5.78 Å². The van der Waals surface area contributed by atoms with E-state index in [4.69, 9.17) is 5.73 Å². The molecule has 0 aliphatic rings. The summed E-state index contributed by atoms with van der Waals surface area (Å²) in [6.07, 6.45) is 3.25. The fourth-order valence-electron chi connectivity index (χ4n) is 1.10. The van der Waals surface area contributed by atoms with E-state index >= 15 is 0 Å². The summed E-state index contributed by atoms with van der Waals surface area (Å²) < 4.78 is 0. The molecule has 1 aromatic rings. The van der Waals surface area contributed by atoms with E-state index < -0.39 is 11.8 Å². The van der Waals surface area contributed by atoms with Crippen LogP contribution in [0.15, 0.2) is 12.4 Å². The SMILES string of the molecule is CCC(C(N)=O)C(=O)c1cn[nH]c1. The quantitative estimate of drug-likeness (QED) is 0.510. The number of aromatic amines is 1. The lowest BCUT2D eigenvalue weighted by molar-refractivity contribution is -0.120. The average Bonchev–Trinajstić information content (AvgIpc) is 2.56. The highest BCUT2D eigenvalue weighted by molar-refractivity contribution is 6.09. The third-order valence-electron chi connectivity index (χ3n) is 1.85. The molecule has 0 radical (unpaired) electrons. The van der Waals surface area contributed by atoms with Crippen LogP contribution in [0.5, 0.6) is 0 Å². The summed E-state index contributed by atoms with van der Waals surface area (Å²) in [6.45, 7) is 1.74. The van der Waals surface area contributed by atoms with Gasteiger partial charge in [0, 0.05) is 6.20 Å². The van der Waals surface area contributed by atoms with Crippen LogP contribution < -0.4 is 5.73 Å². The van der Waals surface area contributed by atoms with Crippen LogP contribution in [0, 0.1) is 5.92 Å². The molecule has 1 rings (SSSR count). The first-order valence-electron chi connectivity index (χ1n) is 3.99. The smallest absolute Gasteiger partial charge is 0.228 e. The highest BCUT2D eigenvalue weighted by atomic mass is 16.2. The van der Waals surface area contributed by atoms with E-state index in [0.717, 1.165) is 0 Å². The Morgan fingerprint density at radius 3 is 2.77 bits per heavy atom. The Labute approximate surface area is 75.3 Å². The van der Waals surface area contributed by atoms with E-state index in [1.165, 1.54) is 12.4 Å². The molecule has 0 fully saturated rings. The molecule has 1 aromatic heterocycles. The highest BCUT2D eigenvalue weighted by Crippen LogP contribution is 2.10. The van der Waals surface area contributed by atoms with Gasteiger partial charge in [-0.15, -0.1) is 0 Å². The summed E-state index contributed by atoms with van der Waals surface area (Å²) in [5.41, 5.74) is 5.46. The van der Waals surface area contributed by atoms with Gasteiger partial charge in [-0.2, -0.15) is 5.10 Å². The number of H-pyrrole nitrogens is 1. The maximum atomic E-state index is 11.5. The van der Waals surface area contributed by atoms with Gasteiger partial charge in [0.25, 0.3) is 0 Å². The molecule has 1 amide bonds. The first kappa shape index (κ1) is 9.44. The predicted molar refractivity (Wildman–Crippen MR) is 45.9 cm³/mol. The second kappa shape index (κ2) is 3.84.